The van der Waals surface area contributed by atoms with E-state index in [9.17, 15) is 5.11 Å². The minimum Gasteiger partial charge on any atom is -0.390 e. The normalized spacial score (nSPS) is 26.6. The van der Waals surface area contributed by atoms with Gasteiger partial charge in [0.05, 0.1) is 6.10 Å². The number of piperidine rings is 1. The van der Waals surface area contributed by atoms with Crippen molar-refractivity contribution in [1.82, 2.24) is 19.4 Å². The zero-order chi connectivity index (χ0) is 17.1. The topological polar surface area (TPSA) is 44.5 Å². The molecule has 0 bridgehead atoms. The molecule has 0 aromatic carbocycles. The van der Waals surface area contributed by atoms with Crippen molar-refractivity contribution in [1.29, 1.82) is 0 Å². The highest BCUT2D eigenvalue weighted by Gasteiger charge is 2.32. The quantitative estimate of drug-likeness (QED) is 0.911. The van der Waals surface area contributed by atoms with Crippen LogP contribution in [0.1, 0.15) is 37.8 Å². The summed E-state index contributed by atoms with van der Waals surface area (Å²) in [5.41, 5.74) is 1.25. The lowest BCUT2D eigenvalue weighted by atomic mass is 9.99. The molecule has 2 aliphatic heterocycles. The van der Waals surface area contributed by atoms with E-state index in [-0.39, 0.29) is 6.10 Å². The van der Waals surface area contributed by atoms with E-state index in [1.54, 1.807) is 11.3 Å². The molecule has 4 heterocycles. The molecular formula is C19H28N4OS. The van der Waals surface area contributed by atoms with Gasteiger partial charge in [-0.15, -0.1) is 11.3 Å². The second kappa shape index (κ2) is 7.99. The summed E-state index contributed by atoms with van der Waals surface area (Å²) < 4.78 is 2.16. The van der Waals surface area contributed by atoms with Gasteiger partial charge in [0.15, 0.2) is 5.13 Å². The van der Waals surface area contributed by atoms with E-state index in [0.29, 0.717) is 6.04 Å². The van der Waals surface area contributed by atoms with Crippen LogP contribution < -0.4 is 0 Å². The van der Waals surface area contributed by atoms with E-state index in [2.05, 4.69) is 37.7 Å². The zero-order valence-electron chi connectivity index (χ0n) is 14.8. The summed E-state index contributed by atoms with van der Waals surface area (Å²) in [7, 11) is 0. The Morgan fingerprint density at radius 1 is 1.16 bits per heavy atom. The van der Waals surface area contributed by atoms with Crippen molar-refractivity contribution in [2.24, 2.45) is 0 Å². The smallest absolute Gasteiger partial charge is 0.193 e. The van der Waals surface area contributed by atoms with Gasteiger partial charge in [-0.2, -0.15) is 0 Å². The summed E-state index contributed by atoms with van der Waals surface area (Å²) in [5, 5.41) is 13.8. The van der Waals surface area contributed by atoms with Gasteiger partial charge in [-0.1, -0.05) is 12.8 Å². The number of aliphatic hydroxyl groups excluding tert-OH is 1. The highest BCUT2D eigenvalue weighted by atomic mass is 32.1. The highest BCUT2D eigenvalue weighted by molar-refractivity contribution is 7.12. The van der Waals surface area contributed by atoms with Crippen molar-refractivity contribution in [2.75, 3.05) is 26.2 Å². The van der Waals surface area contributed by atoms with Crippen molar-refractivity contribution < 1.29 is 5.11 Å². The first-order chi connectivity index (χ1) is 12.3. The average Bonchev–Trinajstić information content (AvgIpc) is 3.21. The number of β-amino-alcohol motifs (C(OH)–C–C–N with tert-alkyl or cyclic N) is 1. The van der Waals surface area contributed by atoms with Gasteiger partial charge < -0.3 is 5.11 Å². The Morgan fingerprint density at radius 2 is 2.00 bits per heavy atom. The monoisotopic (exact) mass is 360 g/mol. The third kappa shape index (κ3) is 3.97. The van der Waals surface area contributed by atoms with Gasteiger partial charge in [0, 0.05) is 49.1 Å². The Labute approximate surface area is 153 Å². The molecule has 2 fully saturated rings. The third-order valence-corrected chi connectivity index (χ3v) is 6.36. The van der Waals surface area contributed by atoms with Gasteiger partial charge in [-0.3, -0.25) is 14.4 Å². The number of aliphatic hydroxyl groups is 1. The molecule has 5 nitrogen and oxygen atoms in total. The first-order valence-electron chi connectivity index (χ1n) is 9.52. The molecule has 2 aromatic heterocycles. The zero-order valence-corrected chi connectivity index (χ0v) is 15.6. The Hall–Kier alpha value is -1.21. The predicted octanol–water partition coefficient (Wildman–Crippen LogP) is 2.75. The fourth-order valence-corrected chi connectivity index (χ4v) is 4.93. The van der Waals surface area contributed by atoms with E-state index in [4.69, 9.17) is 0 Å². The number of likely N-dealkylation sites (tertiary alicyclic amines) is 2. The van der Waals surface area contributed by atoms with Crippen LogP contribution in [0.25, 0.3) is 5.13 Å². The number of thiazole rings is 1. The fourth-order valence-electron chi connectivity index (χ4n) is 4.28. The van der Waals surface area contributed by atoms with E-state index < -0.39 is 0 Å². The molecule has 2 aromatic rings. The van der Waals surface area contributed by atoms with Gasteiger partial charge >= 0.3 is 0 Å². The van der Waals surface area contributed by atoms with Gasteiger partial charge in [-0.05, 0) is 44.5 Å². The minimum atomic E-state index is -0.241. The molecule has 4 rings (SSSR count). The van der Waals surface area contributed by atoms with Crippen LogP contribution in [0.2, 0.25) is 0 Å². The summed E-state index contributed by atoms with van der Waals surface area (Å²) >= 11 is 1.66. The maximum atomic E-state index is 10.8. The maximum absolute atomic E-state index is 10.8. The molecule has 0 unspecified atom stereocenters. The van der Waals surface area contributed by atoms with E-state index in [1.807, 2.05) is 11.6 Å². The molecule has 0 amide bonds. The van der Waals surface area contributed by atoms with Crippen LogP contribution in [0.5, 0.6) is 0 Å². The number of aromatic nitrogens is 2. The van der Waals surface area contributed by atoms with Crippen molar-refractivity contribution in [3.8, 4) is 5.13 Å². The maximum Gasteiger partial charge on any atom is 0.193 e. The number of hydrogen-bond acceptors (Lipinski definition) is 5. The van der Waals surface area contributed by atoms with Crippen LogP contribution in [0, 0.1) is 0 Å². The van der Waals surface area contributed by atoms with Crippen molar-refractivity contribution >= 4 is 11.3 Å². The van der Waals surface area contributed by atoms with Gasteiger partial charge in [0.1, 0.15) is 0 Å². The fraction of sp³-hybridized carbons (Fsp3) is 0.632. The Kier molecular flexibility index (Phi) is 5.51. The lowest BCUT2D eigenvalue weighted by molar-refractivity contribution is -0.0148. The molecule has 2 saturated heterocycles. The molecule has 0 radical (unpaired) electrons. The van der Waals surface area contributed by atoms with Crippen LogP contribution in [0.3, 0.4) is 0 Å². The van der Waals surface area contributed by atoms with Crippen LogP contribution in [-0.4, -0.2) is 62.8 Å². The Bertz CT molecular complexity index is 648. The minimum absolute atomic E-state index is 0.241. The van der Waals surface area contributed by atoms with Crippen molar-refractivity contribution in [2.45, 2.75) is 50.8 Å². The number of rotatable bonds is 4. The predicted molar refractivity (Wildman–Crippen MR) is 101 cm³/mol. The third-order valence-electron chi connectivity index (χ3n) is 5.58. The van der Waals surface area contributed by atoms with Crippen LogP contribution >= 0.6 is 11.3 Å². The first-order valence-corrected chi connectivity index (χ1v) is 10.4. The second-order valence-electron chi connectivity index (χ2n) is 7.29. The van der Waals surface area contributed by atoms with Crippen molar-refractivity contribution in [3.05, 3.63) is 35.6 Å². The molecule has 0 aliphatic carbocycles. The summed E-state index contributed by atoms with van der Waals surface area (Å²) in [5.74, 6) is 0. The molecule has 25 heavy (non-hydrogen) atoms. The van der Waals surface area contributed by atoms with E-state index in [0.717, 1.165) is 44.3 Å². The molecule has 136 valence electrons. The van der Waals surface area contributed by atoms with Gasteiger partial charge in [0.2, 0.25) is 0 Å². The highest BCUT2D eigenvalue weighted by Crippen LogP contribution is 2.23. The standard InChI is InChI=1S/C19H28N4OS/c24-18-15-21(12-7-17(18)22-9-3-1-2-4-10-22)14-16-6-5-11-23(16)19-20-8-13-25-19/h5-6,8,11,13,17-18,24H,1-4,7,9-10,12,14-15H2/t17-,18-/m1/s1. The van der Waals surface area contributed by atoms with E-state index in [1.165, 1.54) is 31.4 Å². The summed E-state index contributed by atoms with van der Waals surface area (Å²) in [6, 6.07) is 4.59. The molecule has 2 aliphatic rings. The molecule has 0 spiro atoms. The largest absolute Gasteiger partial charge is 0.390 e. The van der Waals surface area contributed by atoms with Gasteiger partial charge in [0.25, 0.3) is 0 Å². The SMILES string of the molecule is O[C@@H]1CN(Cc2cccn2-c2nccs2)CC[C@H]1N1CCCCCC1. The average molecular weight is 361 g/mol. The summed E-state index contributed by atoms with van der Waals surface area (Å²) in [6.07, 6.45) is 10.0. The first kappa shape index (κ1) is 17.2. The molecule has 1 N–H and O–H groups in total. The summed E-state index contributed by atoms with van der Waals surface area (Å²) in [4.78, 5) is 9.35. The second-order valence-corrected chi connectivity index (χ2v) is 8.17. The van der Waals surface area contributed by atoms with Crippen LogP contribution in [0.4, 0.5) is 0 Å². The number of hydrogen-bond donors (Lipinski definition) is 1. The van der Waals surface area contributed by atoms with Gasteiger partial charge in [-0.25, -0.2) is 4.98 Å². The molecular weight excluding hydrogens is 332 g/mol. The van der Waals surface area contributed by atoms with Crippen LogP contribution in [0.15, 0.2) is 29.9 Å². The lowest BCUT2D eigenvalue weighted by Gasteiger charge is -2.41. The molecule has 2 atom stereocenters. The Balaban J connectivity index is 1.38. The molecule has 6 heteroatoms. The summed E-state index contributed by atoms with van der Waals surface area (Å²) in [6.45, 7) is 5.02. The molecule has 0 saturated carbocycles. The van der Waals surface area contributed by atoms with Crippen molar-refractivity contribution in [3.63, 3.8) is 0 Å². The Morgan fingerprint density at radius 3 is 2.72 bits per heavy atom. The lowest BCUT2D eigenvalue weighted by Crippen LogP contribution is -2.54. The van der Waals surface area contributed by atoms with E-state index >= 15 is 0 Å². The van der Waals surface area contributed by atoms with Crippen LogP contribution in [-0.2, 0) is 6.54 Å². The number of nitrogens with zero attached hydrogens (tertiary/aromatic N) is 4.